The number of halogens is 2. The van der Waals surface area contributed by atoms with Crippen LogP contribution in [-0.2, 0) is 0 Å². The van der Waals surface area contributed by atoms with Crippen LogP contribution in [0.1, 0.15) is 37.3 Å². The van der Waals surface area contributed by atoms with E-state index in [4.69, 9.17) is 10.5 Å². The smallest absolute Gasteiger partial charge is 0.172 e. The Balaban J connectivity index is 0.00000162. The highest BCUT2D eigenvalue weighted by atomic mass is 79.9. The molecule has 3 nitrogen and oxygen atoms in total. The third kappa shape index (κ3) is 3.11. The van der Waals surface area contributed by atoms with Crippen LogP contribution in [0.5, 0.6) is 11.5 Å². The predicted molar refractivity (Wildman–Crippen MR) is 78.5 cm³/mol. The first-order chi connectivity index (χ1) is 8.13. The van der Waals surface area contributed by atoms with Gasteiger partial charge in [-0.1, -0.05) is 12.8 Å². The zero-order valence-corrected chi connectivity index (χ0v) is 12.8. The second-order valence-electron chi connectivity index (χ2n) is 4.62. The Kier molecular flexibility index (Phi) is 5.76. The van der Waals surface area contributed by atoms with E-state index in [2.05, 4.69) is 15.9 Å². The molecular weight excluding hydrogens is 318 g/mol. The van der Waals surface area contributed by atoms with Crippen molar-refractivity contribution in [3.05, 3.63) is 22.2 Å². The summed E-state index contributed by atoms with van der Waals surface area (Å²) >= 11 is 3.33. The van der Waals surface area contributed by atoms with E-state index in [9.17, 15) is 5.11 Å². The second kappa shape index (κ2) is 6.64. The van der Waals surface area contributed by atoms with Gasteiger partial charge in [0.1, 0.15) is 0 Å². The van der Waals surface area contributed by atoms with Gasteiger partial charge in [-0.2, -0.15) is 0 Å². The summed E-state index contributed by atoms with van der Waals surface area (Å²) in [6, 6.07) is 3.76. The maximum atomic E-state index is 9.76. The lowest BCUT2D eigenvalue weighted by atomic mass is 9.92. The molecule has 0 amide bonds. The van der Waals surface area contributed by atoms with Crippen LogP contribution in [0.2, 0.25) is 0 Å². The fourth-order valence-electron chi connectivity index (χ4n) is 2.53. The molecule has 18 heavy (non-hydrogen) atoms. The average Bonchev–Trinajstić information content (AvgIpc) is 2.85. The molecule has 2 rings (SSSR count). The van der Waals surface area contributed by atoms with Crippen molar-refractivity contribution in [1.82, 2.24) is 0 Å². The van der Waals surface area contributed by atoms with Gasteiger partial charge >= 0.3 is 0 Å². The standard InChI is InChI=1S/C13H18BrNO2.ClH/c1-17-11-7-9(6-10(14)13(11)16)12(15)8-4-2-3-5-8;/h6-8,12,16H,2-5,15H2,1H3;1H/t12-;/m1./s1. The number of hydrogen-bond donors (Lipinski definition) is 2. The summed E-state index contributed by atoms with van der Waals surface area (Å²) in [7, 11) is 1.55. The van der Waals surface area contributed by atoms with Crippen molar-refractivity contribution < 1.29 is 9.84 Å². The number of phenols is 1. The number of ether oxygens (including phenoxy) is 1. The molecule has 3 N–H and O–H groups in total. The highest BCUT2D eigenvalue weighted by Gasteiger charge is 2.24. The van der Waals surface area contributed by atoms with Crippen molar-refractivity contribution in [3.8, 4) is 11.5 Å². The summed E-state index contributed by atoms with van der Waals surface area (Å²) in [4.78, 5) is 0. The maximum Gasteiger partial charge on any atom is 0.172 e. The number of hydrogen-bond acceptors (Lipinski definition) is 3. The van der Waals surface area contributed by atoms with E-state index in [1.807, 2.05) is 12.1 Å². The van der Waals surface area contributed by atoms with Gasteiger partial charge in [-0.3, -0.25) is 0 Å². The van der Waals surface area contributed by atoms with Gasteiger partial charge in [-0.05, 0) is 52.4 Å². The van der Waals surface area contributed by atoms with Crippen LogP contribution >= 0.6 is 28.3 Å². The van der Waals surface area contributed by atoms with E-state index in [-0.39, 0.29) is 24.2 Å². The summed E-state index contributed by atoms with van der Waals surface area (Å²) in [5.41, 5.74) is 7.31. The molecule has 0 aliphatic heterocycles. The fraction of sp³-hybridized carbons (Fsp3) is 0.538. The van der Waals surface area contributed by atoms with E-state index in [0.717, 1.165) is 5.56 Å². The Labute approximate surface area is 122 Å². The van der Waals surface area contributed by atoms with Crippen molar-refractivity contribution in [2.75, 3.05) is 7.11 Å². The molecule has 0 heterocycles. The minimum Gasteiger partial charge on any atom is -0.503 e. The molecule has 0 bridgehead atoms. The average molecular weight is 337 g/mol. The summed E-state index contributed by atoms with van der Waals surface area (Å²) < 4.78 is 5.78. The Morgan fingerprint density at radius 1 is 1.39 bits per heavy atom. The molecule has 1 aromatic rings. The molecule has 0 radical (unpaired) electrons. The Morgan fingerprint density at radius 3 is 2.56 bits per heavy atom. The maximum absolute atomic E-state index is 9.76. The topological polar surface area (TPSA) is 55.5 Å². The van der Waals surface area contributed by atoms with Crippen LogP contribution in [0, 0.1) is 5.92 Å². The van der Waals surface area contributed by atoms with Gasteiger partial charge in [0.05, 0.1) is 11.6 Å². The van der Waals surface area contributed by atoms with Crippen molar-refractivity contribution in [2.45, 2.75) is 31.7 Å². The van der Waals surface area contributed by atoms with E-state index in [1.165, 1.54) is 25.7 Å². The van der Waals surface area contributed by atoms with Crippen LogP contribution in [-0.4, -0.2) is 12.2 Å². The Bertz CT molecular complexity index is 408. The Morgan fingerprint density at radius 2 is 2.00 bits per heavy atom. The number of rotatable bonds is 3. The lowest BCUT2D eigenvalue weighted by Crippen LogP contribution is -2.19. The van der Waals surface area contributed by atoms with Gasteiger partial charge in [0, 0.05) is 6.04 Å². The summed E-state index contributed by atoms with van der Waals surface area (Å²) in [5, 5.41) is 9.76. The van der Waals surface area contributed by atoms with E-state index in [1.54, 1.807) is 7.11 Å². The van der Waals surface area contributed by atoms with Gasteiger partial charge in [0.2, 0.25) is 0 Å². The van der Waals surface area contributed by atoms with Crippen LogP contribution in [0.15, 0.2) is 16.6 Å². The first-order valence-corrected chi connectivity index (χ1v) is 6.74. The normalized spacial score (nSPS) is 17.3. The van der Waals surface area contributed by atoms with Crippen molar-refractivity contribution >= 4 is 28.3 Å². The minimum atomic E-state index is 0. The molecule has 102 valence electrons. The highest BCUT2D eigenvalue weighted by molar-refractivity contribution is 9.10. The SMILES string of the molecule is COc1cc([C@H](N)C2CCCC2)cc(Br)c1O.Cl. The quantitative estimate of drug-likeness (QED) is 0.883. The zero-order valence-electron chi connectivity index (χ0n) is 10.4. The fourth-order valence-corrected chi connectivity index (χ4v) is 2.99. The van der Waals surface area contributed by atoms with Crippen molar-refractivity contribution in [2.24, 2.45) is 11.7 Å². The van der Waals surface area contributed by atoms with Gasteiger partial charge in [-0.15, -0.1) is 12.4 Å². The lowest BCUT2D eigenvalue weighted by Gasteiger charge is -2.20. The van der Waals surface area contributed by atoms with Crippen LogP contribution in [0.3, 0.4) is 0 Å². The molecule has 1 saturated carbocycles. The molecule has 0 saturated heterocycles. The second-order valence-corrected chi connectivity index (χ2v) is 5.48. The number of methoxy groups -OCH3 is 1. The van der Waals surface area contributed by atoms with Gasteiger partial charge in [-0.25, -0.2) is 0 Å². The Hall–Kier alpha value is -0.450. The highest BCUT2D eigenvalue weighted by Crippen LogP contribution is 2.40. The molecule has 1 aromatic carbocycles. The van der Waals surface area contributed by atoms with E-state index in [0.29, 0.717) is 16.1 Å². The number of phenolic OH excluding ortho intramolecular Hbond substituents is 1. The molecule has 1 aliphatic rings. The van der Waals surface area contributed by atoms with E-state index < -0.39 is 0 Å². The summed E-state index contributed by atoms with van der Waals surface area (Å²) in [5.74, 6) is 1.16. The molecule has 1 aliphatic carbocycles. The van der Waals surface area contributed by atoms with Crippen molar-refractivity contribution in [3.63, 3.8) is 0 Å². The molecular formula is C13H19BrClNO2. The van der Waals surface area contributed by atoms with Crippen LogP contribution < -0.4 is 10.5 Å². The van der Waals surface area contributed by atoms with Crippen LogP contribution in [0.4, 0.5) is 0 Å². The third-order valence-corrected chi connectivity index (χ3v) is 4.17. The molecule has 0 spiro atoms. The monoisotopic (exact) mass is 335 g/mol. The third-order valence-electron chi connectivity index (χ3n) is 3.56. The van der Waals surface area contributed by atoms with Crippen molar-refractivity contribution in [1.29, 1.82) is 0 Å². The molecule has 1 atom stereocenters. The van der Waals surface area contributed by atoms with E-state index >= 15 is 0 Å². The van der Waals surface area contributed by atoms with Gasteiger partial charge < -0.3 is 15.6 Å². The number of nitrogens with two attached hydrogens (primary N) is 1. The zero-order chi connectivity index (χ0) is 12.4. The van der Waals surface area contributed by atoms with Gasteiger partial charge in [0.15, 0.2) is 11.5 Å². The summed E-state index contributed by atoms with van der Waals surface area (Å²) in [6.07, 6.45) is 4.94. The molecule has 0 aromatic heterocycles. The predicted octanol–water partition coefficient (Wildman–Crippen LogP) is 3.78. The van der Waals surface area contributed by atoms with Crippen LogP contribution in [0.25, 0.3) is 0 Å². The molecule has 1 fully saturated rings. The molecule has 5 heteroatoms. The first-order valence-electron chi connectivity index (χ1n) is 5.95. The van der Waals surface area contributed by atoms with Gasteiger partial charge in [0.25, 0.3) is 0 Å². The lowest BCUT2D eigenvalue weighted by molar-refractivity contribution is 0.369. The minimum absolute atomic E-state index is 0. The summed E-state index contributed by atoms with van der Waals surface area (Å²) in [6.45, 7) is 0. The number of benzene rings is 1. The largest absolute Gasteiger partial charge is 0.503 e. The molecule has 0 unspecified atom stereocenters. The first kappa shape index (κ1) is 15.6. The number of aromatic hydroxyl groups is 1.